The van der Waals surface area contributed by atoms with Crippen molar-refractivity contribution in [2.45, 2.75) is 12.1 Å². The molecule has 1 fully saturated rings. The number of amides is 2. The molecule has 0 bridgehead atoms. The molecule has 0 saturated carbocycles. The number of pyridine rings is 1. The van der Waals surface area contributed by atoms with E-state index in [2.05, 4.69) is 4.98 Å². The quantitative estimate of drug-likeness (QED) is 0.631. The van der Waals surface area contributed by atoms with Gasteiger partial charge >= 0.3 is 0 Å². The molecule has 3 heterocycles. The molecule has 1 unspecified atom stereocenters. The molecule has 0 aliphatic carbocycles. The molecule has 1 saturated heterocycles. The largest absolute Gasteiger partial charge is 0.309 e. The van der Waals surface area contributed by atoms with Gasteiger partial charge in [0.05, 0.1) is 5.56 Å². The summed E-state index contributed by atoms with van der Waals surface area (Å²) in [6.07, 6.45) is 3.26. The standard InChI is InChI=1S/C23H17ClFN3O2/c24-17-8-6-16(7-9-17)23-13-19-18(4-1-5-20(19)25)22(30)28(23)12-11-27(23)21(29)15-3-2-10-26-14-15/h1-10,14H,11-13H2. The van der Waals surface area contributed by atoms with E-state index < -0.39 is 11.5 Å². The minimum Gasteiger partial charge on any atom is -0.309 e. The van der Waals surface area contributed by atoms with Crippen molar-refractivity contribution in [1.82, 2.24) is 14.8 Å². The van der Waals surface area contributed by atoms with E-state index in [1.807, 2.05) is 0 Å². The Balaban J connectivity index is 1.72. The van der Waals surface area contributed by atoms with Crippen molar-refractivity contribution >= 4 is 23.4 Å². The van der Waals surface area contributed by atoms with E-state index in [1.165, 1.54) is 18.3 Å². The van der Waals surface area contributed by atoms with Crippen molar-refractivity contribution in [3.63, 3.8) is 0 Å². The van der Waals surface area contributed by atoms with Gasteiger partial charge in [-0.1, -0.05) is 29.8 Å². The van der Waals surface area contributed by atoms with E-state index in [0.717, 1.165) is 0 Å². The smallest absolute Gasteiger partial charge is 0.257 e. The summed E-state index contributed by atoms with van der Waals surface area (Å²) in [6.45, 7) is 0.682. The van der Waals surface area contributed by atoms with Gasteiger partial charge in [0, 0.05) is 48.1 Å². The summed E-state index contributed by atoms with van der Waals surface area (Å²) < 4.78 is 14.8. The molecular weight excluding hydrogens is 405 g/mol. The Morgan fingerprint density at radius 3 is 2.60 bits per heavy atom. The van der Waals surface area contributed by atoms with Crippen molar-refractivity contribution < 1.29 is 14.0 Å². The number of carbonyl (C=O) groups is 2. The van der Waals surface area contributed by atoms with Crippen LogP contribution in [0.5, 0.6) is 0 Å². The highest BCUT2D eigenvalue weighted by atomic mass is 35.5. The van der Waals surface area contributed by atoms with Crippen molar-refractivity contribution in [3.05, 3.63) is 100 Å². The Bertz CT molecular complexity index is 1150. The number of carbonyl (C=O) groups excluding carboxylic acids is 2. The molecule has 0 spiro atoms. The molecule has 7 heteroatoms. The average molecular weight is 422 g/mol. The lowest BCUT2D eigenvalue weighted by molar-refractivity contribution is 0.00710. The van der Waals surface area contributed by atoms with E-state index in [9.17, 15) is 14.0 Å². The number of hydrogen-bond acceptors (Lipinski definition) is 3. The van der Waals surface area contributed by atoms with Crippen molar-refractivity contribution in [2.24, 2.45) is 0 Å². The fourth-order valence-electron chi connectivity index (χ4n) is 4.55. The first-order valence-electron chi connectivity index (χ1n) is 9.60. The van der Waals surface area contributed by atoms with Crippen LogP contribution in [0.15, 0.2) is 67.0 Å². The molecule has 2 amide bonds. The molecule has 2 aliphatic heterocycles. The second kappa shape index (κ2) is 6.92. The van der Waals surface area contributed by atoms with E-state index in [4.69, 9.17) is 11.6 Å². The minimum atomic E-state index is -1.14. The van der Waals surface area contributed by atoms with Gasteiger partial charge in [0.1, 0.15) is 11.5 Å². The molecule has 1 aromatic heterocycles. The van der Waals surface area contributed by atoms with Gasteiger partial charge in [-0.15, -0.1) is 0 Å². The van der Waals surface area contributed by atoms with Crippen molar-refractivity contribution in [3.8, 4) is 0 Å². The highest BCUT2D eigenvalue weighted by Gasteiger charge is 2.56. The molecule has 0 N–H and O–H groups in total. The first-order valence-corrected chi connectivity index (χ1v) is 9.97. The third kappa shape index (κ3) is 2.64. The Morgan fingerprint density at radius 1 is 1.07 bits per heavy atom. The topological polar surface area (TPSA) is 53.5 Å². The fourth-order valence-corrected chi connectivity index (χ4v) is 4.68. The number of aromatic nitrogens is 1. The summed E-state index contributed by atoms with van der Waals surface area (Å²) in [5.41, 5.74) is 0.655. The summed E-state index contributed by atoms with van der Waals surface area (Å²) in [5.74, 6) is -0.991. The van der Waals surface area contributed by atoms with Crippen LogP contribution >= 0.6 is 11.6 Å². The summed E-state index contributed by atoms with van der Waals surface area (Å²) >= 11 is 6.09. The predicted molar refractivity (Wildman–Crippen MR) is 110 cm³/mol. The Kier molecular flexibility index (Phi) is 4.33. The van der Waals surface area contributed by atoms with Crippen molar-refractivity contribution in [1.29, 1.82) is 0 Å². The van der Waals surface area contributed by atoms with E-state index in [-0.39, 0.29) is 18.2 Å². The monoisotopic (exact) mass is 421 g/mol. The van der Waals surface area contributed by atoms with E-state index >= 15 is 0 Å². The summed E-state index contributed by atoms with van der Waals surface area (Å²) in [4.78, 5) is 34.2. The van der Waals surface area contributed by atoms with Gasteiger partial charge < -0.3 is 9.80 Å². The van der Waals surface area contributed by atoms with Gasteiger partial charge in [-0.05, 0) is 42.0 Å². The second-order valence-electron chi connectivity index (χ2n) is 7.42. The zero-order chi connectivity index (χ0) is 20.9. The number of halogens is 2. The van der Waals surface area contributed by atoms with Crippen LogP contribution < -0.4 is 0 Å². The van der Waals surface area contributed by atoms with Crippen LogP contribution in [-0.2, 0) is 12.1 Å². The lowest BCUT2D eigenvalue weighted by Crippen LogP contribution is -2.58. The van der Waals surface area contributed by atoms with E-state index in [1.54, 1.807) is 58.5 Å². The maximum absolute atomic E-state index is 14.8. The van der Waals surface area contributed by atoms with Crippen LogP contribution in [0.4, 0.5) is 4.39 Å². The lowest BCUT2D eigenvalue weighted by atomic mass is 9.83. The average Bonchev–Trinajstić information content (AvgIpc) is 3.16. The predicted octanol–water partition coefficient (Wildman–Crippen LogP) is 3.88. The van der Waals surface area contributed by atoms with Crippen LogP contribution in [0.3, 0.4) is 0 Å². The third-order valence-electron chi connectivity index (χ3n) is 5.92. The first kappa shape index (κ1) is 18.8. The maximum atomic E-state index is 14.8. The number of nitrogens with zero attached hydrogens (tertiary/aromatic N) is 3. The molecule has 2 aromatic carbocycles. The third-order valence-corrected chi connectivity index (χ3v) is 6.17. The molecule has 0 radical (unpaired) electrons. The highest BCUT2D eigenvalue weighted by Crippen LogP contribution is 2.46. The summed E-state index contributed by atoms with van der Waals surface area (Å²) in [6, 6.07) is 14.9. The molecule has 5 rings (SSSR count). The second-order valence-corrected chi connectivity index (χ2v) is 7.86. The number of rotatable bonds is 2. The van der Waals surface area contributed by atoms with Crippen LogP contribution in [0.25, 0.3) is 0 Å². The molecule has 2 aliphatic rings. The van der Waals surface area contributed by atoms with Crippen LogP contribution in [0, 0.1) is 5.82 Å². The Morgan fingerprint density at radius 2 is 1.87 bits per heavy atom. The van der Waals surface area contributed by atoms with Gasteiger partial charge in [-0.3, -0.25) is 14.6 Å². The van der Waals surface area contributed by atoms with Gasteiger partial charge in [0.25, 0.3) is 11.8 Å². The highest BCUT2D eigenvalue weighted by molar-refractivity contribution is 6.30. The Labute approximate surface area is 177 Å². The lowest BCUT2D eigenvalue weighted by Gasteiger charge is -2.47. The normalized spacial score (nSPS) is 20.1. The van der Waals surface area contributed by atoms with Crippen LogP contribution in [0.1, 0.15) is 31.8 Å². The first-order chi connectivity index (χ1) is 14.5. The number of benzene rings is 2. The van der Waals surface area contributed by atoms with Crippen LogP contribution in [-0.4, -0.2) is 39.7 Å². The molecule has 5 nitrogen and oxygen atoms in total. The summed E-state index contributed by atoms with van der Waals surface area (Å²) in [7, 11) is 0. The fraction of sp³-hybridized carbons (Fsp3) is 0.174. The number of hydrogen-bond donors (Lipinski definition) is 0. The zero-order valence-electron chi connectivity index (χ0n) is 15.9. The van der Waals surface area contributed by atoms with Crippen molar-refractivity contribution in [2.75, 3.05) is 13.1 Å². The van der Waals surface area contributed by atoms with Crippen LogP contribution in [0.2, 0.25) is 5.02 Å². The van der Waals surface area contributed by atoms with Gasteiger partial charge in [-0.25, -0.2) is 4.39 Å². The van der Waals surface area contributed by atoms with Gasteiger partial charge in [-0.2, -0.15) is 0 Å². The van der Waals surface area contributed by atoms with Gasteiger partial charge in [0.2, 0.25) is 0 Å². The Hall–Kier alpha value is -3.25. The van der Waals surface area contributed by atoms with E-state index in [0.29, 0.717) is 40.4 Å². The molecular formula is C23H17ClFN3O2. The summed E-state index contributed by atoms with van der Waals surface area (Å²) in [5, 5.41) is 0.540. The van der Waals surface area contributed by atoms with Gasteiger partial charge in [0.15, 0.2) is 0 Å². The zero-order valence-corrected chi connectivity index (χ0v) is 16.6. The molecule has 30 heavy (non-hydrogen) atoms. The molecule has 3 aromatic rings. The number of fused-ring (bicyclic) bond motifs is 2. The minimum absolute atomic E-state index is 0.161. The SMILES string of the molecule is O=C(c1cccnc1)N1CCN2C(=O)c3cccc(F)c3CC12c1ccc(Cl)cc1. The molecule has 150 valence electrons. The molecule has 1 atom stereocenters. The maximum Gasteiger partial charge on any atom is 0.257 e.